The second kappa shape index (κ2) is 7.15. The van der Waals surface area contributed by atoms with Crippen molar-refractivity contribution < 1.29 is 9.53 Å². The number of fused-ring (bicyclic) bond motifs is 2. The minimum Gasteiger partial charge on any atom is -0.497 e. The molecule has 6 nitrogen and oxygen atoms in total. The van der Waals surface area contributed by atoms with Gasteiger partial charge in [-0.2, -0.15) is 0 Å². The van der Waals surface area contributed by atoms with E-state index in [9.17, 15) is 9.59 Å². The number of amides is 1. The molecule has 0 saturated heterocycles. The summed E-state index contributed by atoms with van der Waals surface area (Å²) in [6.45, 7) is 2.53. The zero-order chi connectivity index (χ0) is 19.0. The van der Waals surface area contributed by atoms with E-state index in [4.69, 9.17) is 9.72 Å². The van der Waals surface area contributed by atoms with E-state index in [1.54, 1.807) is 23.8 Å². The number of thiophene rings is 1. The van der Waals surface area contributed by atoms with Crippen LogP contribution in [0.5, 0.6) is 5.75 Å². The molecule has 0 saturated carbocycles. The van der Waals surface area contributed by atoms with Gasteiger partial charge in [0.1, 0.15) is 16.4 Å². The van der Waals surface area contributed by atoms with Crippen LogP contribution < -0.4 is 15.6 Å². The van der Waals surface area contributed by atoms with E-state index in [0.717, 1.165) is 31.5 Å². The summed E-state index contributed by atoms with van der Waals surface area (Å²) in [6, 6.07) is 7.20. The van der Waals surface area contributed by atoms with Gasteiger partial charge in [-0.25, -0.2) is 4.98 Å². The Labute approximate surface area is 160 Å². The van der Waals surface area contributed by atoms with E-state index >= 15 is 0 Å². The molecule has 4 rings (SSSR count). The van der Waals surface area contributed by atoms with Gasteiger partial charge >= 0.3 is 0 Å². The number of benzene rings is 1. The van der Waals surface area contributed by atoms with Crippen LogP contribution in [0.3, 0.4) is 0 Å². The molecule has 140 valence electrons. The maximum Gasteiger partial charge on any atom is 0.266 e. The number of rotatable bonds is 3. The SMILES string of the molecule is COc1cccc(NC(=O)c2sc3nc4n(c(=O)c3c2C)CCCCC4)c1. The number of aromatic nitrogens is 2. The molecule has 1 aliphatic rings. The van der Waals surface area contributed by atoms with Crippen molar-refractivity contribution in [3.05, 3.63) is 50.9 Å². The highest BCUT2D eigenvalue weighted by molar-refractivity contribution is 7.20. The third kappa shape index (κ3) is 3.23. The first-order valence-corrected chi connectivity index (χ1v) is 9.88. The summed E-state index contributed by atoms with van der Waals surface area (Å²) in [5.41, 5.74) is 1.33. The summed E-state index contributed by atoms with van der Waals surface area (Å²) >= 11 is 1.29. The second-order valence-electron chi connectivity index (χ2n) is 6.72. The minimum atomic E-state index is -0.233. The Bertz CT molecular complexity index is 1080. The average molecular weight is 383 g/mol. The van der Waals surface area contributed by atoms with Gasteiger partial charge in [-0.15, -0.1) is 11.3 Å². The molecule has 1 aromatic carbocycles. The first-order chi connectivity index (χ1) is 13.1. The van der Waals surface area contributed by atoms with Crippen LogP contribution in [0.25, 0.3) is 10.2 Å². The summed E-state index contributed by atoms with van der Waals surface area (Å²) in [5.74, 6) is 1.28. The van der Waals surface area contributed by atoms with E-state index in [1.807, 2.05) is 19.1 Å². The number of hydrogen-bond donors (Lipinski definition) is 1. The molecule has 0 radical (unpaired) electrons. The van der Waals surface area contributed by atoms with Gasteiger partial charge in [-0.1, -0.05) is 12.5 Å². The van der Waals surface area contributed by atoms with E-state index in [2.05, 4.69) is 5.32 Å². The van der Waals surface area contributed by atoms with Crippen LogP contribution in [-0.2, 0) is 13.0 Å². The number of nitrogens with zero attached hydrogens (tertiary/aromatic N) is 2. The molecule has 27 heavy (non-hydrogen) atoms. The first-order valence-electron chi connectivity index (χ1n) is 9.06. The molecule has 3 heterocycles. The highest BCUT2D eigenvalue weighted by atomic mass is 32.1. The van der Waals surface area contributed by atoms with Crippen molar-refractivity contribution in [3.8, 4) is 5.75 Å². The third-order valence-electron chi connectivity index (χ3n) is 4.95. The van der Waals surface area contributed by atoms with E-state index in [-0.39, 0.29) is 11.5 Å². The lowest BCUT2D eigenvalue weighted by atomic mass is 10.2. The van der Waals surface area contributed by atoms with E-state index < -0.39 is 0 Å². The minimum absolute atomic E-state index is 0.0221. The lowest BCUT2D eigenvalue weighted by Crippen LogP contribution is -2.24. The van der Waals surface area contributed by atoms with Crippen molar-refractivity contribution in [3.63, 3.8) is 0 Å². The summed E-state index contributed by atoms with van der Waals surface area (Å²) in [5, 5.41) is 3.46. The normalized spacial score (nSPS) is 13.9. The van der Waals surface area contributed by atoms with Crippen LogP contribution in [0.4, 0.5) is 5.69 Å². The number of aryl methyl sites for hydroxylation is 2. The van der Waals surface area contributed by atoms with Crippen molar-refractivity contribution in [1.82, 2.24) is 9.55 Å². The summed E-state index contributed by atoms with van der Waals surface area (Å²) in [6.07, 6.45) is 3.97. The predicted octanol–water partition coefficient (Wildman–Crippen LogP) is 3.75. The number of hydrogen-bond acceptors (Lipinski definition) is 5. The fraction of sp³-hybridized carbons (Fsp3) is 0.350. The van der Waals surface area contributed by atoms with Gasteiger partial charge in [0.05, 0.1) is 17.4 Å². The van der Waals surface area contributed by atoms with Gasteiger partial charge in [-0.05, 0) is 37.5 Å². The van der Waals surface area contributed by atoms with Gasteiger partial charge in [0.25, 0.3) is 11.5 Å². The van der Waals surface area contributed by atoms with Crippen LogP contribution in [0.2, 0.25) is 0 Å². The van der Waals surface area contributed by atoms with Crippen molar-refractivity contribution in [2.24, 2.45) is 0 Å². The number of methoxy groups -OCH3 is 1. The number of ether oxygens (including phenoxy) is 1. The molecule has 7 heteroatoms. The van der Waals surface area contributed by atoms with Gasteiger partial charge in [-0.3, -0.25) is 14.2 Å². The molecule has 1 amide bonds. The standard InChI is InChI=1S/C20H21N3O3S/c1-12-16-19(22-15-9-4-3-5-10-23(15)20(16)25)27-17(12)18(24)21-13-7-6-8-14(11-13)26-2/h6-8,11H,3-5,9-10H2,1-2H3,(H,21,24). The van der Waals surface area contributed by atoms with Crippen LogP contribution in [0.1, 0.15) is 40.3 Å². The Balaban J connectivity index is 1.74. The van der Waals surface area contributed by atoms with Crippen molar-refractivity contribution in [1.29, 1.82) is 0 Å². The zero-order valence-corrected chi connectivity index (χ0v) is 16.2. The van der Waals surface area contributed by atoms with Gasteiger partial charge in [0.2, 0.25) is 0 Å². The number of carbonyl (C=O) groups is 1. The molecule has 1 aliphatic heterocycles. The molecule has 0 bridgehead atoms. The van der Waals surface area contributed by atoms with E-state index in [1.165, 1.54) is 11.3 Å². The molecule has 1 N–H and O–H groups in total. The quantitative estimate of drug-likeness (QED) is 0.747. The lowest BCUT2D eigenvalue weighted by molar-refractivity contribution is 0.103. The van der Waals surface area contributed by atoms with Crippen LogP contribution in [0.15, 0.2) is 29.1 Å². The molecule has 0 spiro atoms. The Morgan fingerprint density at radius 3 is 2.96 bits per heavy atom. The lowest BCUT2D eigenvalue weighted by Gasteiger charge is -2.08. The molecule has 0 aliphatic carbocycles. The van der Waals surface area contributed by atoms with Crippen LogP contribution in [0, 0.1) is 6.92 Å². The van der Waals surface area contributed by atoms with Gasteiger partial charge in [0.15, 0.2) is 0 Å². The molecular formula is C20H21N3O3S. The fourth-order valence-electron chi connectivity index (χ4n) is 3.52. The molecule has 0 unspecified atom stereocenters. The van der Waals surface area contributed by atoms with E-state index in [0.29, 0.717) is 38.6 Å². The molecule has 0 fully saturated rings. The van der Waals surface area contributed by atoms with Crippen molar-refractivity contribution in [2.45, 2.75) is 39.2 Å². The second-order valence-corrected chi connectivity index (χ2v) is 7.72. The molecular weight excluding hydrogens is 362 g/mol. The predicted molar refractivity (Wildman–Crippen MR) is 107 cm³/mol. The fourth-order valence-corrected chi connectivity index (χ4v) is 4.60. The highest BCUT2D eigenvalue weighted by Crippen LogP contribution is 2.29. The Morgan fingerprint density at radius 1 is 1.30 bits per heavy atom. The molecule has 0 atom stereocenters. The maximum absolute atomic E-state index is 13.0. The number of nitrogens with one attached hydrogen (secondary N) is 1. The van der Waals surface area contributed by atoms with Gasteiger partial charge in [0, 0.05) is 24.7 Å². The molecule has 2 aromatic heterocycles. The summed E-state index contributed by atoms with van der Waals surface area (Å²) in [4.78, 5) is 31.7. The highest BCUT2D eigenvalue weighted by Gasteiger charge is 2.22. The average Bonchev–Trinajstić information content (AvgIpc) is 2.84. The monoisotopic (exact) mass is 383 g/mol. The third-order valence-corrected chi connectivity index (χ3v) is 6.13. The van der Waals surface area contributed by atoms with Crippen LogP contribution >= 0.6 is 11.3 Å². The van der Waals surface area contributed by atoms with Gasteiger partial charge < -0.3 is 10.1 Å². The maximum atomic E-state index is 13.0. The summed E-state index contributed by atoms with van der Waals surface area (Å²) in [7, 11) is 1.58. The number of carbonyl (C=O) groups excluding carboxylic acids is 1. The van der Waals surface area contributed by atoms with Crippen molar-refractivity contribution >= 4 is 33.1 Å². The van der Waals surface area contributed by atoms with Crippen molar-refractivity contribution in [2.75, 3.05) is 12.4 Å². The Kier molecular flexibility index (Phi) is 4.70. The number of anilines is 1. The molecule has 3 aromatic rings. The Morgan fingerprint density at radius 2 is 2.15 bits per heavy atom. The first kappa shape index (κ1) is 17.7. The Hall–Kier alpha value is -2.67. The summed E-state index contributed by atoms with van der Waals surface area (Å²) < 4.78 is 6.98. The topological polar surface area (TPSA) is 73.2 Å². The zero-order valence-electron chi connectivity index (χ0n) is 15.4. The smallest absolute Gasteiger partial charge is 0.266 e. The largest absolute Gasteiger partial charge is 0.497 e. The van der Waals surface area contributed by atoms with Crippen LogP contribution in [-0.4, -0.2) is 22.6 Å².